The van der Waals surface area contributed by atoms with Crippen molar-refractivity contribution in [2.45, 2.75) is 12.5 Å². The number of para-hydroxylation sites is 1. The Hall–Kier alpha value is -2.66. The fourth-order valence-corrected chi connectivity index (χ4v) is 3.07. The molecule has 122 valence electrons. The second-order valence-electron chi connectivity index (χ2n) is 5.91. The molecule has 1 aliphatic rings. The van der Waals surface area contributed by atoms with E-state index in [2.05, 4.69) is 5.16 Å². The fraction of sp³-hybridized carbons (Fsp3) is 0.263. The Balaban J connectivity index is 1.48. The second kappa shape index (κ2) is 6.45. The summed E-state index contributed by atoms with van der Waals surface area (Å²) < 4.78 is 11.1. The fourth-order valence-electron chi connectivity index (χ4n) is 3.07. The van der Waals surface area contributed by atoms with Crippen LogP contribution in [0, 0.1) is 0 Å². The first-order valence-electron chi connectivity index (χ1n) is 8.09. The quantitative estimate of drug-likeness (QED) is 0.744. The Morgan fingerprint density at radius 2 is 1.92 bits per heavy atom. The second-order valence-corrected chi connectivity index (χ2v) is 5.91. The van der Waals surface area contributed by atoms with Gasteiger partial charge in [-0.2, -0.15) is 0 Å². The van der Waals surface area contributed by atoms with Crippen LogP contribution in [0.2, 0.25) is 0 Å². The molecule has 4 rings (SSSR count). The maximum Gasteiger partial charge on any atom is 0.228 e. The largest absolute Gasteiger partial charge is 0.370 e. The van der Waals surface area contributed by atoms with Gasteiger partial charge in [-0.1, -0.05) is 47.6 Å². The van der Waals surface area contributed by atoms with Crippen LogP contribution < -0.4 is 0 Å². The normalized spacial score (nSPS) is 18.0. The number of fused-ring (bicyclic) bond motifs is 1. The molecule has 5 nitrogen and oxygen atoms in total. The first-order chi connectivity index (χ1) is 11.8. The van der Waals surface area contributed by atoms with E-state index in [1.54, 1.807) is 0 Å². The molecular weight excluding hydrogens is 304 g/mol. The maximum atomic E-state index is 12.7. The predicted molar refractivity (Wildman–Crippen MR) is 89.4 cm³/mol. The lowest BCUT2D eigenvalue weighted by molar-refractivity contribution is -0.138. The number of hydrogen-bond acceptors (Lipinski definition) is 4. The summed E-state index contributed by atoms with van der Waals surface area (Å²) in [5.74, 6) is 0.0540. The lowest BCUT2D eigenvalue weighted by Crippen LogP contribution is -2.43. The summed E-state index contributed by atoms with van der Waals surface area (Å²) in [6.45, 7) is 1.72. The molecule has 0 N–H and O–H groups in total. The summed E-state index contributed by atoms with van der Waals surface area (Å²) in [4.78, 5) is 14.5. The van der Waals surface area contributed by atoms with Gasteiger partial charge in [0.25, 0.3) is 0 Å². The summed E-state index contributed by atoms with van der Waals surface area (Å²) in [6, 6.07) is 17.6. The van der Waals surface area contributed by atoms with E-state index < -0.39 is 0 Å². The molecule has 1 fully saturated rings. The van der Waals surface area contributed by atoms with Gasteiger partial charge in [0.15, 0.2) is 5.58 Å². The molecule has 0 saturated carbocycles. The SMILES string of the molecule is O=C(Cc1noc2ccccc12)N1CCO[C@H](c2ccccc2)C1. The van der Waals surface area contributed by atoms with Gasteiger partial charge in [0.05, 0.1) is 19.6 Å². The number of ether oxygens (including phenoxy) is 1. The monoisotopic (exact) mass is 322 g/mol. The standard InChI is InChI=1S/C19H18N2O3/c22-19(12-16-15-8-4-5-9-17(15)24-20-16)21-10-11-23-18(13-21)14-6-2-1-3-7-14/h1-9,18H,10-13H2/t18-/m0/s1. The highest BCUT2D eigenvalue weighted by Gasteiger charge is 2.26. The van der Waals surface area contributed by atoms with Crippen LogP contribution in [0.4, 0.5) is 0 Å². The Bertz CT molecular complexity index is 844. The van der Waals surface area contributed by atoms with Crippen molar-refractivity contribution in [2.24, 2.45) is 0 Å². The number of benzene rings is 2. The van der Waals surface area contributed by atoms with Crippen molar-refractivity contribution in [3.63, 3.8) is 0 Å². The van der Waals surface area contributed by atoms with Crippen LogP contribution in [0.5, 0.6) is 0 Å². The van der Waals surface area contributed by atoms with E-state index in [9.17, 15) is 4.79 Å². The number of rotatable bonds is 3. The van der Waals surface area contributed by atoms with Crippen molar-refractivity contribution in [2.75, 3.05) is 19.7 Å². The number of hydrogen-bond donors (Lipinski definition) is 0. The zero-order valence-electron chi connectivity index (χ0n) is 13.2. The first-order valence-corrected chi connectivity index (χ1v) is 8.09. The summed E-state index contributed by atoms with van der Waals surface area (Å²) in [5, 5.41) is 4.96. The van der Waals surface area contributed by atoms with Gasteiger partial charge < -0.3 is 14.2 Å². The molecule has 1 aliphatic heterocycles. The minimum absolute atomic E-state index is 0.0540. The summed E-state index contributed by atoms with van der Waals surface area (Å²) >= 11 is 0. The molecular formula is C19H18N2O3. The lowest BCUT2D eigenvalue weighted by atomic mass is 10.1. The zero-order valence-corrected chi connectivity index (χ0v) is 13.2. The van der Waals surface area contributed by atoms with E-state index in [0.717, 1.165) is 10.9 Å². The molecule has 0 bridgehead atoms. The van der Waals surface area contributed by atoms with Gasteiger partial charge in [-0.05, 0) is 17.7 Å². The Labute approximate surface area is 139 Å². The van der Waals surface area contributed by atoms with Crippen molar-refractivity contribution in [3.8, 4) is 0 Å². The average molecular weight is 322 g/mol. The lowest BCUT2D eigenvalue weighted by Gasteiger charge is -2.33. The molecule has 0 aliphatic carbocycles. The number of aromatic nitrogens is 1. The van der Waals surface area contributed by atoms with Crippen molar-refractivity contribution in [1.29, 1.82) is 0 Å². The van der Waals surface area contributed by atoms with E-state index in [-0.39, 0.29) is 18.4 Å². The number of nitrogens with zero attached hydrogens (tertiary/aromatic N) is 2. The van der Waals surface area contributed by atoms with Crippen molar-refractivity contribution < 1.29 is 14.1 Å². The summed E-state index contributed by atoms with van der Waals surface area (Å²) in [6.07, 6.45) is 0.177. The molecule has 1 atom stereocenters. The number of amides is 1. The third-order valence-corrected chi connectivity index (χ3v) is 4.36. The molecule has 3 aromatic rings. The molecule has 5 heteroatoms. The van der Waals surface area contributed by atoms with Gasteiger partial charge in [0.2, 0.25) is 5.91 Å². The van der Waals surface area contributed by atoms with Crippen LogP contribution in [0.15, 0.2) is 59.1 Å². The molecule has 2 heterocycles. The number of morpholine rings is 1. The molecule has 0 radical (unpaired) electrons. The Morgan fingerprint density at radius 1 is 1.12 bits per heavy atom. The van der Waals surface area contributed by atoms with Gasteiger partial charge in [0.1, 0.15) is 11.8 Å². The van der Waals surface area contributed by atoms with Gasteiger partial charge in [-0.25, -0.2) is 0 Å². The van der Waals surface area contributed by atoms with Gasteiger partial charge in [0, 0.05) is 11.9 Å². The molecule has 24 heavy (non-hydrogen) atoms. The summed E-state index contributed by atoms with van der Waals surface area (Å²) in [7, 11) is 0. The maximum absolute atomic E-state index is 12.7. The molecule has 1 amide bonds. The Morgan fingerprint density at radius 3 is 2.79 bits per heavy atom. The van der Waals surface area contributed by atoms with Crippen LogP contribution in [0.25, 0.3) is 11.0 Å². The number of carbonyl (C=O) groups excluding carboxylic acids is 1. The van der Waals surface area contributed by atoms with Crippen LogP contribution in [-0.4, -0.2) is 35.7 Å². The predicted octanol–water partition coefficient (Wildman–Crippen LogP) is 2.97. The topological polar surface area (TPSA) is 55.6 Å². The molecule has 2 aromatic carbocycles. The van der Waals surface area contributed by atoms with Gasteiger partial charge >= 0.3 is 0 Å². The van der Waals surface area contributed by atoms with E-state index >= 15 is 0 Å². The number of carbonyl (C=O) groups is 1. The third kappa shape index (κ3) is 2.90. The van der Waals surface area contributed by atoms with Crippen LogP contribution in [0.3, 0.4) is 0 Å². The minimum atomic E-state index is -0.0713. The van der Waals surface area contributed by atoms with Crippen molar-refractivity contribution in [3.05, 3.63) is 65.9 Å². The zero-order chi connectivity index (χ0) is 16.4. The molecule has 0 unspecified atom stereocenters. The average Bonchev–Trinajstić information content (AvgIpc) is 3.06. The van der Waals surface area contributed by atoms with Gasteiger partial charge in [-0.3, -0.25) is 4.79 Å². The van der Waals surface area contributed by atoms with Crippen LogP contribution in [-0.2, 0) is 16.0 Å². The van der Waals surface area contributed by atoms with Crippen LogP contribution in [0.1, 0.15) is 17.4 Å². The molecule has 1 aromatic heterocycles. The van der Waals surface area contributed by atoms with Gasteiger partial charge in [-0.15, -0.1) is 0 Å². The van der Waals surface area contributed by atoms with E-state index in [0.29, 0.717) is 31.0 Å². The van der Waals surface area contributed by atoms with E-state index in [1.807, 2.05) is 59.5 Å². The Kier molecular flexibility index (Phi) is 4.01. The molecule has 1 saturated heterocycles. The van der Waals surface area contributed by atoms with E-state index in [1.165, 1.54) is 0 Å². The first kappa shape index (κ1) is 14.9. The summed E-state index contributed by atoms with van der Waals surface area (Å²) in [5.41, 5.74) is 2.50. The van der Waals surface area contributed by atoms with Crippen molar-refractivity contribution in [1.82, 2.24) is 10.1 Å². The third-order valence-electron chi connectivity index (χ3n) is 4.36. The smallest absolute Gasteiger partial charge is 0.228 e. The highest BCUT2D eigenvalue weighted by molar-refractivity contribution is 5.86. The minimum Gasteiger partial charge on any atom is -0.370 e. The highest BCUT2D eigenvalue weighted by atomic mass is 16.5. The van der Waals surface area contributed by atoms with E-state index in [4.69, 9.17) is 9.26 Å². The molecule has 0 spiro atoms. The highest BCUT2D eigenvalue weighted by Crippen LogP contribution is 2.23. The van der Waals surface area contributed by atoms with Crippen molar-refractivity contribution >= 4 is 16.9 Å². The van der Waals surface area contributed by atoms with Crippen LogP contribution >= 0.6 is 0 Å².